The Hall–Kier alpha value is -1.89. The smallest absolute Gasteiger partial charge is 0.325 e. The van der Waals surface area contributed by atoms with Gasteiger partial charge in [-0.05, 0) is 37.6 Å². The molecule has 1 rings (SSSR count). The van der Waals surface area contributed by atoms with Crippen molar-refractivity contribution in [3.05, 3.63) is 29.8 Å². The van der Waals surface area contributed by atoms with Crippen molar-refractivity contribution in [2.45, 2.75) is 31.2 Å². The normalized spacial score (nSPS) is 12.7. The van der Waals surface area contributed by atoms with Gasteiger partial charge in [-0.1, -0.05) is 6.92 Å². The van der Waals surface area contributed by atoms with Crippen molar-refractivity contribution in [3.63, 3.8) is 0 Å². The number of benzene rings is 1. The number of rotatable bonds is 6. The van der Waals surface area contributed by atoms with Crippen molar-refractivity contribution in [2.75, 3.05) is 5.75 Å². The van der Waals surface area contributed by atoms with Crippen LogP contribution in [-0.4, -0.2) is 37.2 Å². The molecule has 110 valence electrons. The second-order valence-electron chi connectivity index (χ2n) is 4.38. The molecule has 0 aliphatic rings. The first-order valence-corrected chi connectivity index (χ1v) is 7.79. The SMILES string of the molecule is CCCS(=O)(=O)c1ccc(C(=O)NC(C)C(=O)O)cc1. The maximum atomic E-state index is 11.8. The number of carboxylic acids is 1. The van der Waals surface area contributed by atoms with Gasteiger partial charge in [-0.3, -0.25) is 9.59 Å². The molecule has 20 heavy (non-hydrogen) atoms. The van der Waals surface area contributed by atoms with Gasteiger partial charge >= 0.3 is 5.97 Å². The van der Waals surface area contributed by atoms with Crippen LogP contribution in [-0.2, 0) is 14.6 Å². The van der Waals surface area contributed by atoms with Crippen LogP contribution in [0.1, 0.15) is 30.6 Å². The molecule has 2 N–H and O–H groups in total. The van der Waals surface area contributed by atoms with E-state index in [0.717, 1.165) is 0 Å². The lowest BCUT2D eigenvalue weighted by Gasteiger charge is -2.09. The maximum absolute atomic E-state index is 11.8. The van der Waals surface area contributed by atoms with Crippen molar-refractivity contribution < 1.29 is 23.1 Å². The fourth-order valence-corrected chi connectivity index (χ4v) is 2.87. The van der Waals surface area contributed by atoms with Crippen LogP contribution >= 0.6 is 0 Å². The third-order valence-corrected chi connectivity index (χ3v) is 4.60. The lowest BCUT2D eigenvalue weighted by Crippen LogP contribution is -2.38. The van der Waals surface area contributed by atoms with E-state index in [1.54, 1.807) is 6.92 Å². The van der Waals surface area contributed by atoms with Gasteiger partial charge in [0.25, 0.3) is 5.91 Å². The van der Waals surface area contributed by atoms with Crippen LogP contribution in [0.25, 0.3) is 0 Å². The van der Waals surface area contributed by atoms with Gasteiger partial charge in [0, 0.05) is 5.56 Å². The molecule has 1 atom stereocenters. The topological polar surface area (TPSA) is 101 Å². The Bertz CT molecular complexity index is 592. The van der Waals surface area contributed by atoms with Gasteiger partial charge in [-0.25, -0.2) is 8.42 Å². The molecule has 0 saturated carbocycles. The number of hydrogen-bond donors (Lipinski definition) is 2. The van der Waals surface area contributed by atoms with E-state index in [1.807, 2.05) is 0 Å². The minimum Gasteiger partial charge on any atom is -0.480 e. The summed E-state index contributed by atoms with van der Waals surface area (Å²) in [7, 11) is -3.32. The third-order valence-electron chi connectivity index (χ3n) is 2.67. The highest BCUT2D eigenvalue weighted by Gasteiger charge is 2.17. The first-order chi connectivity index (χ1) is 9.27. The fraction of sp³-hybridized carbons (Fsp3) is 0.385. The summed E-state index contributed by atoms with van der Waals surface area (Å²) in [4.78, 5) is 22.5. The molecular formula is C13H17NO5S. The van der Waals surface area contributed by atoms with Gasteiger partial charge < -0.3 is 10.4 Å². The quantitative estimate of drug-likeness (QED) is 0.818. The summed E-state index contributed by atoms with van der Waals surface area (Å²) in [6.45, 7) is 3.12. The molecule has 0 aliphatic heterocycles. The molecular weight excluding hydrogens is 282 g/mol. The van der Waals surface area contributed by atoms with E-state index in [4.69, 9.17) is 5.11 Å². The number of sulfone groups is 1. The zero-order chi connectivity index (χ0) is 15.3. The van der Waals surface area contributed by atoms with E-state index in [0.29, 0.717) is 6.42 Å². The lowest BCUT2D eigenvalue weighted by atomic mass is 10.2. The van der Waals surface area contributed by atoms with E-state index in [-0.39, 0.29) is 16.2 Å². The minimum atomic E-state index is -3.32. The molecule has 0 spiro atoms. The van der Waals surface area contributed by atoms with Gasteiger partial charge in [0.05, 0.1) is 10.6 Å². The van der Waals surface area contributed by atoms with E-state index < -0.39 is 27.8 Å². The monoisotopic (exact) mass is 299 g/mol. The zero-order valence-electron chi connectivity index (χ0n) is 11.3. The summed E-state index contributed by atoms with van der Waals surface area (Å²) in [6, 6.07) is 4.43. The highest BCUT2D eigenvalue weighted by Crippen LogP contribution is 2.13. The Morgan fingerprint density at radius 1 is 1.25 bits per heavy atom. The predicted molar refractivity (Wildman–Crippen MR) is 73.3 cm³/mol. The van der Waals surface area contributed by atoms with Crippen LogP contribution in [0.15, 0.2) is 29.2 Å². The second kappa shape index (κ2) is 6.51. The summed E-state index contributed by atoms with van der Waals surface area (Å²) < 4.78 is 23.6. The lowest BCUT2D eigenvalue weighted by molar-refractivity contribution is -0.138. The molecule has 6 nitrogen and oxygen atoms in total. The molecule has 0 fully saturated rings. The largest absolute Gasteiger partial charge is 0.480 e. The van der Waals surface area contributed by atoms with Crippen molar-refractivity contribution in [2.24, 2.45) is 0 Å². The van der Waals surface area contributed by atoms with Crippen LogP contribution in [0, 0.1) is 0 Å². The number of nitrogens with one attached hydrogen (secondary N) is 1. The van der Waals surface area contributed by atoms with E-state index in [1.165, 1.54) is 31.2 Å². The average molecular weight is 299 g/mol. The first-order valence-electron chi connectivity index (χ1n) is 6.14. The van der Waals surface area contributed by atoms with Crippen molar-refractivity contribution in [3.8, 4) is 0 Å². The minimum absolute atomic E-state index is 0.0502. The fourth-order valence-electron chi connectivity index (χ4n) is 1.54. The van der Waals surface area contributed by atoms with Gasteiger partial charge in [0.1, 0.15) is 6.04 Å². The van der Waals surface area contributed by atoms with Crippen LogP contribution in [0.2, 0.25) is 0 Å². The Labute approximate surface area is 117 Å². The third kappa shape index (κ3) is 4.06. The first kappa shape index (κ1) is 16.2. The van der Waals surface area contributed by atoms with Gasteiger partial charge in [-0.2, -0.15) is 0 Å². The summed E-state index contributed by atoms with van der Waals surface area (Å²) in [5.41, 5.74) is 0.216. The maximum Gasteiger partial charge on any atom is 0.325 e. The molecule has 7 heteroatoms. The van der Waals surface area contributed by atoms with Crippen molar-refractivity contribution >= 4 is 21.7 Å². The zero-order valence-corrected chi connectivity index (χ0v) is 12.1. The highest BCUT2D eigenvalue weighted by molar-refractivity contribution is 7.91. The molecule has 0 aliphatic carbocycles. The van der Waals surface area contributed by atoms with Crippen molar-refractivity contribution in [1.82, 2.24) is 5.32 Å². The molecule has 1 aromatic carbocycles. The molecule has 1 aromatic rings. The van der Waals surface area contributed by atoms with E-state index >= 15 is 0 Å². The number of aliphatic carboxylic acids is 1. The number of amides is 1. The molecule has 1 amide bonds. The number of carbonyl (C=O) groups excluding carboxylic acids is 1. The molecule has 0 bridgehead atoms. The Morgan fingerprint density at radius 3 is 2.25 bits per heavy atom. The Morgan fingerprint density at radius 2 is 1.80 bits per heavy atom. The number of carbonyl (C=O) groups is 2. The van der Waals surface area contributed by atoms with Gasteiger partial charge in [0.2, 0.25) is 0 Å². The second-order valence-corrected chi connectivity index (χ2v) is 6.49. The number of hydrogen-bond acceptors (Lipinski definition) is 4. The molecule has 0 aromatic heterocycles. The summed E-state index contributed by atoms with van der Waals surface area (Å²) in [6.07, 6.45) is 0.515. The Balaban J connectivity index is 2.87. The highest BCUT2D eigenvalue weighted by atomic mass is 32.2. The number of carboxylic acid groups (broad SMARTS) is 1. The summed E-state index contributed by atoms with van der Waals surface area (Å²) in [5, 5.41) is 11.0. The standard InChI is InChI=1S/C13H17NO5S/c1-3-8-20(18,19)11-6-4-10(5-7-11)12(15)14-9(2)13(16)17/h4-7,9H,3,8H2,1-2H3,(H,14,15)(H,16,17). The molecule has 0 radical (unpaired) electrons. The van der Waals surface area contributed by atoms with Crippen LogP contribution in [0.5, 0.6) is 0 Å². The van der Waals surface area contributed by atoms with Crippen LogP contribution < -0.4 is 5.32 Å². The van der Waals surface area contributed by atoms with Gasteiger partial charge in [0.15, 0.2) is 9.84 Å². The average Bonchev–Trinajstić information content (AvgIpc) is 2.38. The molecule has 0 saturated heterocycles. The van der Waals surface area contributed by atoms with Crippen molar-refractivity contribution in [1.29, 1.82) is 0 Å². The Kier molecular flexibility index (Phi) is 5.26. The van der Waals surface area contributed by atoms with E-state index in [2.05, 4.69) is 5.32 Å². The van der Waals surface area contributed by atoms with Gasteiger partial charge in [-0.15, -0.1) is 0 Å². The predicted octanol–water partition coefficient (Wildman–Crippen LogP) is 1.07. The van der Waals surface area contributed by atoms with Crippen LogP contribution in [0.3, 0.4) is 0 Å². The summed E-state index contributed by atoms with van der Waals surface area (Å²) >= 11 is 0. The molecule has 0 heterocycles. The summed E-state index contributed by atoms with van der Waals surface area (Å²) in [5.74, 6) is -1.64. The van der Waals surface area contributed by atoms with E-state index in [9.17, 15) is 18.0 Å². The molecule has 1 unspecified atom stereocenters. The van der Waals surface area contributed by atoms with Crippen LogP contribution in [0.4, 0.5) is 0 Å².